The van der Waals surface area contributed by atoms with E-state index in [4.69, 9.17) is 0 Å². The van der Waals surface area contributed by atoms with Gasteiger partial charge in [-0.25, -0.2) is 18.1 Å². The molecule has 3 rings (SSSR count). The van der Waals surface area contributed by atoms with Crippen molar-refractivity contribution in [3.8, 4) is 5.75 Å². The molecule has 0 aromatic heterocycles. The fraction of sp³-hybridized carbons (Fsp3) is 0.579. The second kappa shape index (κ2) is 9.24. The van der Waals surface area contributed by atoms with Gasteiger partial charge >= 0.3 is 12.4 Å². The molecule has 1 aromatic rings. The fourth-order valence-corrected chi connectivity index (χ4v) is 5.04. The lowest BCUT2D eigenvalue weighted by atomic mass is 10.0. The van der Waals surface area contributed by atoms with Crippen LogP contribution in [0.3, 0.4) is 0 Å². The van der Waals surface area contributed by atoms with Crippen molar-refractivity contribution in [2.45, 2.75) is 37.6 Å². The molecule has 178 valence electrons. The van der Waals surface area contributed by atoms with E-state index in [-0.39, 0.29) is 36.5 Å². The van der Waals surface area contributed by atoms with Crippen molar-refractivity contribution in [3.63, 3.8) is 0 Å². The molecule has 2 heterocycles. The molecule has 3 amide bonds. The first-order valence-electron chi connectivity index (χ1n) is 10.1. The van der Waals surface area contributed by atoms with Crippen molar-refractivity contribution in [1.29, 1.82) is 0 Å². The van der Waals surface area contributed by atoms with E-state index in [1.54, 1.807) is 0 Å². The lowest BCUT2D eigenvalue weighted by Gasteiger charge is -2.35. The van der Waals surface area contributed by atoms with E-state index in [2.05, 4.69) is 10.1 Å². The lowest BCUT2D eigenvalue weighted by molar-refractivity contribution is -0.274. The van der Waals surface area contributed by atoms with Crippen LogP contribution in [-0.4, -0.2) is 79.7 Å². The maximum absolute atomic E-state index is 12.8. The van der Waals surface area contributed by atoms with Crippen molar-refractivity contribution >= 4 is 22.0 Å². The number of ether oxygens (including phenoxy) is 1. The molecule has 9 nitrogen and oxygen atoms in total. The summed E-state index contributed by atoms with van der Waals surface area (Å²) in [4.78, 5) is 27.4. The number of rotatable bonds is 7. The van der Waals surface area contributed by atoms with Gasteiger partial charge in [0, 0.05) is 26.2 Å². The van der Waals surface area contributed by atoms with Crippen LogP contribution in [0.5, 0.6) is 5.75 Å². The molecule has 2 fully saturated rings. The minimum Gasteiger partial charge on any atom is -0.406 e. The first-order valence-corrected chi connectivity index (χ1v) is 11.5. The van der Waals surface area contributed by atoms with Crippen molar-refractivity contribution in [2.24, 2.45) is 5.92 Å². The molecule has 0 radical (unpaired) electrons. The maximum Gasteiger partial charge on any atom is 0.573 e. The molecule has 0 aliphatic carbocycles. The fourth-order valence-electron chi connectivity index (χ4n) is 3.62. The largest absolute Gasteiger partial charge is 0.573 e. The molecule has 13 heteroatoms. The van der Waals surface area contributed by atoms with E-state index in [9.17, 15) is 31.2 Å². The zero-order valence-electron chi connectivity index (χ0n) is 17.6. The van der Waals surface area contributed by atoms with E-state index >= 15 is 0 Å². The average molecular weight is 478 g/mol. The Bertz CT molecular complexity index is 945. The smallest absolute Gasteiger partial charge is 0.406 e. The Morgan fingerprint density at radius 3 is 2.22 bits per heavy atom. The molecule has 0 bridgehead atoms. The quantitative estimate of drug-likeness (QED) is 0.601. The molecule has 2 aliphatic rings. The van der Waals surface area contributed by atoms with Crippen LogP contribution in [0, 0.1) is 5.92 Å². The number of hydrogen-bond acceptors (Lipinski definition) is 6. The van der Waals surface area contributed by atoms with Gasteiger partial charge in [0.15, 0.2) is 0 Å². The Morgan fingerprint density at radius 2 is 1.69 bits per heavy atom. The lowest BCUT2D eigenvalue weighted by Crippen LogP contribution is -2.52. The molecular weight excluding hydrogens is 453 g/mol. The Kier molecular flexibility index (Phi) is 7.00. The van der Waals surface area contributed by atoms with Crippen molar-refractivity contribution in [2.75, 3.05) is 32.8 Å². The molecule has 0 spiro atoms. The third-order valence-corrected chi connectivity index (χ3v) is 7.09. The third kappa shape index (κ3) is 5.70. The van der Waals surface area contributed by atoms with E-state index in [1.807, 2.05) is 18.7 Å². The van der Waals surface area contributed by atoms with E-state index in [1.165, 1.54) is 4.31 Å². The second-order valence-electron chi connectivity index (χ2n) is 8.08. The number of urea groups is 1. The van der Waals surface area contributed by atoms with E-state index in [0.29, 0.717) is 19.5 Å². The minimum absolute atomic E-state index is 0.0661. The number of carbonyl (C=O) groups is 2. The van der Waals surface area contributed by atoms with Crippen molar-refractivity contribution in [3.05, 3.63) is 24.3 Å². The number of nitrogens with one attached hydrogen (secondary N) is 1. The maximum atomic E-state index is 12.8. The highest BCUT2D eigenvalue weighted by molar-refractivity contribution is 7.89. The summed E-state index contributed by atoms with van der Waals surface area (Å²) in [5, 5.41) is 2.67. The molecule has 1 unspecified atom stereocenters. The molecule has 1 N–H and O–H groups in total. The highest BCUT2D eigenvalue weighted by atomic mass is 32.2. The predicted octanol–water partition coefficient (Wildman–Crippen LogP) is 1.82. The summed E-state index contributed by atoms with van der Waals surface area (Å²) in [5.41, 5.74) is 0. The summed E-state index contributed by atoms with van der Waals surface area (Å²) in [6, 6.07) is 3.00. The number of piperazine rings is 1. The van der Waals surface area contributed by atoms with Crippen LogP contribution in [0.2, 0.25) is 0 Å². The van der Waals surface area contributed by atoms with Gasteiger partial charge in [-0.05, 0) is 36.6 Å². The zero-order chi connectivity index (χ0) is 23.7. The Morgan fingerprint density at radius 1 is 1.09 bits per heavy atom. The van der Waals surface area contributed by atoms with Gasteiger partial charge in [-0.2, -0.15) is 4.31 Å². The molecule has 0 saturated carbocycles. The van der Waals surface area contributed by atoms with Crippen LogP contribution in [0.25, 0.3) is 0 Å². The summed E-state index contributed by atoms with van der Waals surface area (Å²) in [6.07, 6.45) is -4.32. The summed E-state index contributed by atoms with van der Waals surface area (Å²) >= 11 is 0. The van der Waals surface area contributed by atoms with Crippen LogP contribution in [0.1, 0.15) is 20.3 Å². The van der Waals surface area contributed by atoms with Crippen LogP contribution in [0.4, 0.5) is 18.0 Å². The van der Waals surface area contributed by atoms with Gasteiger partial charge in [0.25, 0.3) is 5.91 Å². The van der Waals surface area contributed by atoms with Crippen molar-refractivity contribution < 1.29 is 35.9 Å². The Hall–Kier alpha value is -2.38. The predicted molar refractivity (Wildman–Crippen MR) is 107 cm³/mol. The molecule has 1 atom stereocenters. The number of sulfonamides is 1. The van der Waals surface area contributed by atoms with Crippen LogP contribution < -0.4 is 10.1 Å². The van der Waals surface area contributed by atoms with E-state index < -0.39 is 34.2 Å². The molecular formula is C19H25F3N4O5S. The van der Waals surface area contributed by atoms with Gasteiger partial charge in [0.1, 0.15) is 11.8 Å². The first kappa shape index (κ1) is 24.3. The first-order chi connectivity index (χ1) is 14.9. The number of alkyl halides is 3. The summed E-state index contributed by atoms with van der Waals surface area (Å²) in [7, 11) is -3.91. The van der Waals surface area contributed by atoms with E-state index in [0.717, 1.165) is 29.2 Å². The van der Waals surface area contributed by atoms with Gasteiger partial charge in [-0.1, -0.05) is 13.8 Å². The van der Waals surface area contributed by atoms with Gasteiger partial charge in [0.05, 0.1) is 11.6 Å². The normalized spacial score (nSPS) is 21.3. The van der Waals surface area contributed by atoms with Crippen LogP contribution >= 0.6 is 0 Å². The standard InChI is InChI=1S/C19H25F3N4O5S/c1-13(2)11-16-17(27)26(18(28)23-16)12-24-7-9-25(10-8-24)32(29,30)15-5-3-14(4-6-15)31-19(20,21)22/h3-6,13,16H,7-12H2,1-2H3,(H,23,28). The number of halogens is 3. The summed E-state index contributed by atoms with van der Waals surface area (Å²) in [5.74, 6) is -0.558. The van der Waals surface area contributed by atoms with Crippen molar-refractivity contribution in [1.82, 2.24) is 19.4 Å². The monoisotopic (exact) mass is 478 g/mol. The summed E-state index contributed by atoms with van der Waals surface area (Å²) < 4.78 is 67.4. The second-order valence-corrected chi connectivity index (χ2v) is 10.0. The number of benzene rings is 1. The number of imide groups is 1. The highest BCUT2D eigenvalue weighted by Crippen LogP contribution is 2.25. The average Bonchev–Trinajstić information content (AvgIpc) is 2.94. The highest BCUT2D eigenvalue weighted by Gasteiger charge is 2.39. The molecule has 2 aliphatic heterocycles. The van der Waals surface area contributed by atoms with Gasteiger partial charge in [-0.3, -0.25) is 9.69 Å². The molecule has 2 saturated heterocycles. The minimum atomic E-state index is -4.86. The van der Waals surface area contributed by atoms with Gasteiger partial charge in [-0.15, -0.1) is 13.2 Å². The van der Waals surface area contributed by atoms with Gasteiger partial charge < -0.3 is 10.1 Å². The number of carbonyl (C=O) groups excluding carboxylic acids is 2. The van der Waals surface area contributed by atoms with Crippen LogP contribution in [-0.2, 0) is 14.8 Å². The summed E-state index contributed by atoms with van der Waals surface area (Å²) in [6.45, 7) is 4.79. The number of amides is 3. The third-order valence-electron chi connectivity index (χ3n) is 5.18. The van der Waals surface area contributed by atoms with Crippen LogP contribution in [0.15, 0.2) is 29.2 Å². The topological polar surface area (TPSA) is 99.3 Å². The van der Waals surface area contributed by atoms with Gasteiger partial charge in [0.2, 0.25) is 10.0 Å². The number of hydrogen-bond donors (Lipinski definition) is 1. The Balaban J connectivity index is 1.57. The SMILES string of the molecule is CC(C)CC1NC(=O)N(CN2CCN(S(=O)(=O)c3ccc(OC(F)(F)F)cc3)CC2)C1=O. The Labute approximate surface area is 184 Å². The molecule has 1 aromatic carbocycles. The molecule has 32 heavy (non-hydrogen) atoms. The number of nitrogens with zero attached hydrogens (tertiary/aromatic N) is 3. The zero-order valence-corrected chi connectivity index (χ0v) is 18.4.